The molecule has 2 N–H and O–H groups in total. The van der Waals surface area contributed by atoms with Crippen molar-refractivity contribution in [3.8, 4) is 0 Å². The van der Waals surface area contributed by atoms with Gasteiger partial charge in [-0.1, -0.05) is 0 Å². The second-order valence-electron chi connectivity index (χ2n) is 5.08. The molecule has 3 rings (SSSR count). The number of hydrogen-bond donors (Lipinski definition) is 1. The number of hydrogen-bond acceptors (Lipinski definition) is 6. The zero-order valence-electron chi connectivity index (χ0n) is 11.9. The molecule has 2 aromatic heterocycles. The monoisotopic (exact) mass is 286 g/mol. The molecule has 0 amide bonds. The quantitative estimate of drug-likeness (QED) is 0.842. The van der Waals surface area contributed by atoms with E-state index in [2.05, 4.69) is 14.9 Å². The highest BCUT2D eigenvalue weighted by Crippen LogP contribution is 2.17. The third-order valence-corrected chi connectivity index (χ3v) is 3.71. The van der Waals surface area contributed by atoms with Gasteiger partial charge in [0.2, 0.25) is 0 Å². The van der Waals surface area contributed by atoms with E-state index in [4.69, 9.17) is 5.73 Å². The Morgan fingerprint density at radius 2 is 1.81 bits per heavy atom. The molecule has 21 heavy (non-hydrogen) atoms. The first-order valence-electron chi connectivity index (χ1n) is 6.88. The molecule has 0 saturated carbocycles. The Bertz CT molecular complexity index is 673. The first-order chi connectivity index (χ1) is 10.1. The van der Waals surface area contributed by atoms with Crippen molar-refractivity contribution in [2.75, 3.05) is 41.7 Å². The molecule has 7 heteroatoms. The highest BCUT2D eigenvalue weighted by Gasteiger charge is 2.20. The number of nitrogen functional groups attached to an aromatic ring is 1. The Morgan fingerprint density at radius 1 is 1.10 bits per heavy atom. The van der Waals surface area contributed by atoms with Crippen molar-refractivity contribution in [2.24, 2.45) is 7.05 Å². The normalized spacial score (nSPS) is 15.3. The standard InChI is InChI=1S/C14H18N6O/c1-18-5-4-16-13(14(18)21)20-8-6-19(7-9-20)11-2-3-12(15)17-10-11/h2-5,10H,6-9H2,1H3,(H2,15,17). The first-order valence-corrected chi connectivity index (χ1v) is 6.88. The van der Waals surface area contributed by atoms with E-state index in [-0.39, 0.29) is 5.56 Å². The van der Waals surface area contributed by atoms with Gasteiger partial charge in [0.15, 0.2) is 5.82 Å². The Labute approximate surface area is 122 Å². The summed E-state index contributed by atoms with van der Waals surface area (Å²) in [6.07, 6.45) is 5.11. The first kappa shape index (κ1) is 13.4. The Kier molecular flexibility index (Phi) is 3.47. The van der Waals surface area contributed by atoms with Crippen LogP contribution in [0.4, 0.5) is 17.3 Å². The molecule has 0 atom stereocenters. The average molecular weight is 286 g/mol. The lowest BCUT2D eigenvalue weighted by atomic mass is 10.2. The van der Waals surface area contributed by atoms with E-state index in [0.29, 0.717) is 11.6 Å². The van der Waals surface area contributed by atoms with Crippen molar-refractivity contribution in [2.45, 2.75) is 0 Å². The van der Waals surface area contributed by atoms with Crippen molar-refractivity contribution < 1.29 is 0 Å². The average Bonchev–Trinajstić information content (AvgIpc) is 2.51. The summed E-state index contributed by atoms with van der Waals surface area (Å²) in [7, 11) is 1.74. The van der Waals surface area contributed by atoms with E-state index in [1.807, 2.05) is 11.0 Å². The summed E-state index contributed by atoms with van der Waals surface area (Å²) in [6.45, 7) is 3.17. The van der Waals surface area contributed by atoms with Crippen molar-refractivity contribution in [3.05, 3.63) is 41.1 Å². The van der Waals surface area contributed by atoms with E-state index >= 15 is 0 Å². The number of aromatic nitrogens is 3. The summed E-state index contributed by atoms with van der Waals surface area (Å²) >= 11 is 0. The maximum atomic E-state index is 12.1. The molecule has 2 aromatic rings. The van der Waals surface area contributed by atoms with E-state index in [1.54, 1.807) is 36.3 Å². The number of nitrogens with two attached hydrogens (primary N) is 1. The molecular formula is C14H18N6O. The van der Waals surface area contributed by atoms with Crippen LogP contribution in [0.15, 0.2) is 35.5 Å². The zero-order chi connectivity index (χ0) is 14.8. The maximum absolute atomic E-state index is 12.1. The van der Waals surface area contributed by atoms with Crippen molar-refractivity contribution in [3.63, 3.8) is 0 Å². The molecule has 1 aliphatic heterocycles. The van der Waals surface area contributed by atoms with Gasteiger partial charge in [-0.2, -0.15) is 0 Å². The van der Waals surface area contributed by atoms with Crippen molar-refractivity contribution in [1.82, 2.24) is 14.5 Å². The molecule has 0 aromatic carbocycles. The number of anilines is 3. The third kappa shape index (κ3) is 2.67. The second kappa shape index (κ2) is 5.43. The largest absolute Gasteiger partial charge is 0.384 e. The van der Waals surface area contributed by atoms with Crippen LogP contribution in [0.2, 0.25) is 0 Å². The SMILES string of the molecule is Cn1ccnc(N2CCN(c3ccc(N)nc3)CC2)c1=O. The molecule has 0 bridgehead atoms. The third-order valence-electron chi connectivity index (χ3n) is 3.71. The van der Waals surface area contributed by atoms with Gasteiger partial charge in [0.1, 0.15) is 5.82 Å². The minimum Gasteiger partial charge on any atom is -0.384 e. The zero-order valence-corrected chi connectivity index (χ0v) is 11.9. The van der Waals surface area contributed by atoms with Gasteiger partial charge >= 0.3 is 0 Å². The minimum absolute atomic E-state index is 0.0555. The Hall–Kier alpha value is -2.57. The van der Waals surface area contributed by atoms with Crippen molar-refractivity contribution in [1.29, 1.82) is 0 Å². The van der Waals surface area contributed by atoms with Gasteiger partial charge in [-0.3, -0.25) is 4.79 Å². The number of pyridine rings is 1. The highest BCUT2D eigenvalue weighted by molar-refractivity contribution is 5.50. The number of piperazine rings is 1. The molecule has 0 aliphatic carbocycles. The van der Waals surface area contributed by atoms with E-state index < -0.39 is 0 Å². The predicted molar refractivity (Wildman–Crippen MR) is 82.6 cm³/mol. The fourth-order valence-electron chi connectivity index (χ4n) is 2.46. The maximum Gasteiger partial charge on any atom is 0.293 e. The molecule has 1 saturated heterocycles. The van der Waals surface area contributed by atoms with Crippen LogP contribution in [0.5, 0.6) is 0 Å². The highest BCUT2D eigenvalue weighted by atomic mass is 16.1. The number of rotatable bonds is 2. The molecule has 110 valence electrons. The Morgan fingerprint density at radius 3 is 2.48 bits per heavy atom. The van der Waals surface area contributed by atoms with Crippen LogP contribution in [0.1, 0.15) is 0 Å². The smallest absolute Gasteiger partial charge is 0.293 e. The van der Waals surface area contributed by atoms with Gasteiger partial charge in [-0.15, -0.1) is 0 Å². The van der Waals surface area contributed by atoms with Crippen LogP contribution in [0.3, 0.4) is 0 Å². The molecule has 7 nitrogen and oxygen atoms in total. The van der Waals surface area contributed by atoms with Gasteiger partial charge < -0.3 is 20.1 Å². The van der Waals surface area contributed by atoms with E-state index in [9.17, 15) is 4.79 Å². The summed E-state index contributed by atoms with van der Waals surface area (Å²) in [5.74, 6) is 1.05. The van der Waals surface area contributed by atoms with E-state index in [0.717, 1.165) is 31.9 Å². The Balaban J connectivity index is 1.72. The second-order valence-corrected chi connectivity index (χ2v) is 5.08. The molecule has 1 fully saturated rings. The number of aryl methyl sites for hydroxylation is 1. The van der Waals surface area contributed by atoms with Crippen LogP contribution in [-0.4, -0.2) is 40.7 Å². The summed E-state index contributed by atoms with van der Waals surface area (Å²) in [6, 6.07) is 3.77. The summed E-state index contributed by atoms with van der Waals surface area (Å²) in [5, 5.41) is 0. The molecule has 0 unspecified atom stereocenters. The topological polar surface area (TPSA) is 80.3 Å². The summed E-state index contributed by atoms with van der Waals surface area (Å²) in [4.78, 5) is 24.7. The fourth-order valence-corrected chi connectivity index (χ4v) is 2.46. The van der Waals surface area contributed by atoms with Crippen LogP contribution in [0.25, 0.3) is 0 Å². The molecule has 0 spiro atoms. The molecule has 3 heterocycles. The van der Waals surface area contributed by atoms with Crippen LogP contribution >= 0.6 is 0 Å². The molecule has 0 radical (unpaired) electrons. The molecule has 1 aliphatic rings. The van der Waals surface area contributed by atoms with Crippen molar-refractivity contribution >= 4 is 17.3 Å². The van der Waals surface area contributed by atoms with Gasteiger partial charge in [-0.05, 0) is 12.1 Å². The van der Waals surface area contributed by atoms with Gasteiger partial charge in [0, 0.05) is 45.6 Å². The van der Waals surface area contributed by atoms with Gasteiger partial charge in [-0.25, -0.2) is 9.97 Å². The number of nitrogens with zero attached hydrogens (tertiary/aromatic N) is 5. The van der Waals surface area contributed by atoms with Gasteiger partial charge in [0.05, 0.1) is 11.9 Å². The lowest BCUT2D eigenvalue weighted by molar-refractivity contribution is 0.639. The van der Waals surface area contributed by atoms with Crippen LogP contribution < -0.4 is 21.1 Å². The van der Waals surface area contributed by atoms with Crippen LogP contribution in [-0.2, 0) is 7.05 Å². The molecular weight excluding hydrogens is 268 g/mol. The van der Waals surface area contributed by atoms with Crippen LogP contribution in [0, 0.1) is 0 Å². The lowest BCUT2D eigenvalue weighted by Crippen LogP contribution is -2.48. The summed E-state index contributed by atoms with van der Waals surface area (Å²) in [5.41, 5.74) is 6.60. The summed E-state index contributed by atoms with van der Waals surface area (Å²) < 4.78 is 1.55. The predicted octanol–water partition coefficient (Wildman–Crippen LogP) is 0.0841. The van der Waals surface area contributed by atoms with Gasteiger partial charge in [0.25, 0.3) is 5.56 Å². The lowest BCUT2D eigenvalue weighted by Gasteiger charge is -2.36. The van der Waals surface area contributed by atoms with E-state index in [1.165, 1.54) is 0 Å². The minimum atomic E-state index is -0.0555. The fraction of sp³-hybridized carbons (Fsp3) is 0.357.